The van der Waals surface area contributed by atoms with Crippen molar-refractivity contribution in [2.45, 2.75) is 6.54 Å². The van der Waals surface area contributed by atoms with E-state index in [4.69, 9.17) is 9.15 Å². The number of benzene rings is 2. The van der Waals surface area contributed by atoms with Crippen LogP contribution in [-0.2, 0) is 6.54 Å². The van der Waals surface area contributed by atoms with Crippen LogP contribution in [0.3, 0.4) is 0 Å². The monoisotopic (exact) mass is 417 g/mol. The van der Waals surface area contributed by atoms with E-state index in [1.165, 1.54) is 6.20 Å². The minimum Gasteiger partial charge on any atom is -0.457 e. The average Bonchev–Trinajstić information content (AvgIpc) is 3.19. The van der Waals surface area contributed by atoms with Gasteiger partial charge in [0, 0.05) is 51.7 Å². The molecule has 0 aliphatic heterocycles. The van der Waals surface area contributed by atoms with Gasteiger partial charge in [0.05, 0.1) is 0 Å². The summed E-state index contributed by atoms with van der Waals surface area (Å²) in [5.41, 5.74) is 3.88. The Morgan fingerprint density at radius 3 is 2.71 bits per heavy atom. The summed E-state index contributed by atoms with van der Waals surface area (Å²) in [6.45, 7) is 0.587. The molecule has 0 bridgehead atoms. The second-order valence-electron chi connectivity index (χ2n) is 7.08. The predicted octanol–water partition coefficient (Wildman–Crippen LogP) is 4.05. The van der Waals surface area contributed by atoms with Gasteiger partial charge in [-0.2, -0.15) is 4.98 Å². The minimum atomic E-state index is -0.275. The fourth-order valence-electron chi connectivity index (χ4n) is 3.17. The van der Waals surface area contributed by atoms with Crippen molar-refractivity contribution in [1.82, 2.24) is 15.3 Å². The van der Waals surface area contributed by atoms with Crippen LogP contribution in [0.5, 0.6) is 11.5 Å². The summed E-state index contributed by atoms with van der Waals surface area (Å²) in [7, 11) is 5.58. The first kappa shape index (κ1) is 20.2. The fraction of sp³-hybridized carbons (Fsp3) is 0.174. The maximum atomic E-state index is 11.8. The molecule has 31 heavy (non-hydrogen) atoms. The smallest absolute Gasteiger partial charge is 0.295 e. The molecule has 8 nitrogen and oxygen atoms in total. The van der Waals surface area contributed by atoms with Gasteiger partial charge in [-0.15, -0.1) is 0 Å². The van der Waals surface area contributed by atoms with Crippen LogP contribution in [-0.4, -0.2) is 37.0 Å². The van der Waals surface area contributed by atoms with Gasteiger partial charge in [0.25, 0.3) is 11.9 Å². The molecule has 0 atom stereocenters. The molecular weight excluding hydrogens is 394 g/mol. The van der Waals surface area contributed by atoms with E-state index in [-0.39, 0.29) is 11.6 Å². The summed E-state index contributed by atoms with van der Waals surface area (Å²) >= 11 is 0. The highest BCUT2D eigenvalue weighted by atomic mass is 16.5. The first-order valence-electron chi connectivity index (χ1n) is 9.79. The molecule has 0 unspecified atom stereocenters. The number of carbonyl (C=O) groups is 1. The molecule has 2 aromatic carbocycles. The Morgan fingerprint density at radius 2 is 1.90 bits per heavy atom. The van der Waals surface area contributed by atoms with Crippen molar-refractivity contribution in [3.8, 4) is 11.5 Å². The van der Waals surface area contributed by atoms with Crippen LogP contribution >= 0.6 is 0 Å². The molecule has 158 valence electrons. The first-order valence-corrected chi connectivity index (χ1v) is 9.79. The third-order valence-electron chi connectivity index (χ3n) is 4.69. The second-order valence-corrected chi connectivity index (χ2v) is 7.08. The number of nitrogens with zero attached hydrogens (tertiary/aromatic N) is 3. The maximum absolute atomic E-state index is 11.8. The van der Waals surface area contributed by atoms with E-state index in [0.717, 1.165) is 16.8 Å². The van der Waals surface area contributed by atoms with Crippen molar-refractivity contribution in [1.29, 1.82) is 0 Å². The van der Waals surface area contributed by atoms with Crippen LogP contribution < -0.4 is 20.3 Å². The third-order valence-corrected chi connectivity index (χ3v) is 4.69. The number of ether oxygens (including phenoxy) is 1. The van der Waals surface area contributed by atoms with Gasteiger partial charge in [-0.1, -0.05) is 18.2 Å². The Labute approximate surface area is 179 Å². The Bertz CT molecular complexity index is 1220. The van der Waals surface area contributed by atoms with E-state index in [9.17, 15) is 4.79 Å². The van der Waals surface area contributed by atoms with Crippen LogP contribution in [0.25, 0.3) is 11.1 Å². The topological polar surface area (TPSA) is 92.5 Å². The Kier molecular flexibility index (Phi) is 5.70. The van der Waals surface area contributed by atoms with E-state index in [1.807, 2.05) is 32.3 Å². The maximum Gasteiger partial charge on any atom is 0.295 e. The molecule has 0 saturated carbocycles. The molecule has 0 radical (unpaired) electrons. The molecule has 0 aliphatic carbocycles. The second kappa shape index (κ2) is 8.74. The zero-order valence-electron chi connectivity index (χ0n) is 17.5. The van der Waals surface area contributed by atoms with E-state index in [0.29, 0.717) is 29.6 Å². The quantitative estimate of drug-likeness (QED) is 0.469. The Balaban J connectivity index is 1.49. The summed E-state index contributed by atoms with van der Waals surface area (Å²) < 4.78 is 11.7. The lowest BCUT2D eigenvalue weighted by molar-refractivity contribution is 0.0958. The van der Waals surface area contributed by atoms with E-state index in [2.05, 4.69) is 37.6 Å². The Hall–Kier alpha value is -4.07. The molecule has 1 amide bonds. The van der Waals surface area contributed by atoms with Crippen LogP contribution in [0.2, 0.25) is 0 Å². The number of pyridine rings is 1. The summed E-state index contributed by atoms with van der Waals surface area (Å²) in [5, 5.41) is 5.79. The number of para-hydroxylation sites is 1. The fourth-order valence-corrected chi connectivity index (χ4v) is 3.17. The number of rotatable bonds is 7. The number of hydrogen-bond donors (Lipinski definition) is 2. The number of aromatic nitrogens is 2. The Morgan fingerprint density at radius 1 is 1.10 bits per heavy atom. The molecule has 4 rings (SSSR count). The molecular formula is C23H23N5O3. The largest absolute Gasteiger partial charge is 0.457 e. The number of hydrogen-bond acceptors (Lipinski definition) is 7. The number of amides is 1. The van der Waals surface area contributed by atoms with Gasteiger partial charge in [-0.3, -0.25) is 9.78 Å². The molecule has 0 saturated heterocycles. The van der Waals surface area contributed by atoms with E-state index < -0.39 is 0 Å². The lowest BCUT2D eigenvalue weighted by Crippen LogP contribution is -2.18. The SMILES string of the molecule is CNC(=O)c1cc(Oc2ccc3nc(NCc4ccccc4N(C)C)oc3c2)ccn1. The summed E-state index contributed by atoms with van der Waals surface area (Å²) in [5.74, 6) is 0.802. The number of fused-ring (bicyclic) bond motifs is 1. The number of nitrogens with one attached hydrogen (secondary N) is 2. The van der Waals surface area contributed by atoms with Crippen LogP contribution in [0.15, 0.2) is 65.2 Å². The lowest BCUT2D eigenvalue weighted by Gasteiger charge is -2.17. The normalized spacial score (nSPS) is 10.7. The molecule has 2 heterocycles. The highest BCUT2D eigenvalue weighted by molar-refractivity contribution is 5.92. The number of oxazole rings is 1. The third kappa shape index (κ3) is 4.58. The van der Waals surface area contributed by atoms with Crippen molar-refractivity contribution in [2.24, 2.45) is 0 Å². The summed E-state index contributed by atoms with van der Waals surface area (Å²) in [6.07, 6.45) is 1.53. The van der Waals surface area contributed by atoms with Gasteiger partial charge >= 0.3 is 0 Å². The van der Waals surface area contributed by atoms with Crippen molar-refractivity contribution in [2.75, 3.05) is 31.4 Å². The van der Waals surface area contributed by atoms with Crippen molar-refractivity contribution < 1.29 is 13.9 Å². The van der Waals surface area contributed by atoms with E-state index >= 15 is 0 Å². The predicted molar refractivity (Wildman–Crippen MR) is 120 cm³/mol. The molecule has 4 aromatic rings. The summed E-state index contributed by atoms with van der Waals surface area (Å²) in [4.78, 5) is 22.4. The minimum absolute atomic E-state index is 0.275. The van der Waals surface area contributed by atoms with Gasteiger partial charge in [0.15, 0.2) is 5.58 Å². The van der Waals surface area contributed by atoms with Gasteiger partial charge in [0.1, 0.15) is 22.7 Å². The summed E-state index contributed by atoms with van der Waals surface area (Å²) in [6, 6.07) is 17.3. The van der Waals surface area contributed by atoms with Crippen molar-refractivity contribution in [3.63, 3.8) is 0 Å². The van der Waals surface area contributed by atoms with Crippen molar-refractivity contribution in [3.05, 3.63) is 72.1 Å². The zero-order valence-corrected chi connectivity index (χ0v) is 17.5. The molecule has 2 aromatic heterocycles. The van der Waals surface area contributed by atoms with Crippen LogP contribution in [0.4, 0.5) is 11.7 Å². The lowest BCUT2D eigenvalue weighted by atomic mass is 10.1. The molecule has 8 heteroatoms. The van der Waals surface area contributed by atoms with Gasteiger partial charge in [0.2, 0.25) is 0 Å². The van der Waals surface area contributed by atoms with Gasteiger partial charge in [-0.25, -0.2) is 0 Å². The molecule has 0 fully saturated rings. The number of carbonyl (C=O) groups excluding carboxylic acids is 1. The van der Waals surface area contributed by atoms with E-state index in [1.54, 1.807) is 31.3 Å². The first-order chi connectivity index (χ1) is 15.0. The van der Waals surface area contributed by atoms with Gasteiger partial charge in [-0.05, 0) is 29.8 Å². The average molecular weight is 417 g/mol. The van der Waals surface area contributed by atoms with Crippen molar-refractivity contribution >= 4 is 28.7 Å². The standard InChI is InChI=1S/C23H23N5O3/c1-24-22(29)19-12-17(10-11-25-19)30-16-8-9-18-21(13-16)31-23(27-18)26-14-15-6-4-5-7-20(15)28(2)3/h4-13H,14H2,1-3H3,(H,24,29)(H,26,27). The zero-order chi connectivity index (χ0) is 21.8. The number of anilines is 2. The van der Waals surface area contributed by atoms with Crippen LogP contribution in [0.1, 0.15) is 16.1 Å². The van der Waals surface area contributed by atoms with Crippen LogP contribution in [0, 0.1) is 0 Å². The van der Waals surface area contributed by atoms with Gasteiger partial charge < -0.3 is 24.7 Å². The highest BCUT2D eigenvalue weighted by Gasteiger charge is 2.11. The molecule has 0 spiro atoms. The highest BCUT2D eigenvalue weighted by Crippen LogP contribution is 2.28. The molecule has 2 N–H and O–H groups in total. The molecule has 0 aliphatic rings.